The van der Waals surface area contributed by atoms with Crippen molar-refractivity contribution in [2.45, 2.75) is 64.3 Å². The monoisotopic (exact) mass is 430 g/mol. The number of ether oxygens (including phenoxy) is 4. The molecule has 1 fully saturated rings. The average molecular weight is 430 g/mol. The minimum Gasteiger partial charge on any atom is -0.459 e. The van der Waals surface area contributed by atoms with E-state index in [2.05, 4.69) is 0 Å². The molecule has 2 rings (SSSR count). The molecule has 30 heavy (non-hydrogen) atoms. The first-order valence-corrected chi connectivity index (χ1v) is 9.37. The summed E-state index contributed by atoms with van der Waals surface area (Å²) in [5.41, 5.74) is -1.69. The fourth-order valence-electron chi connectivity index (χ4n) is 2.70. The van der Waals surface area contributed by atoms with Crippen molar-refractivity contribution < 1.29 is 37.7 Å². The van der Waals surface area contributed by atoms with Gasteiger partial charge in [-0.05, 0) is 0 Å². The molecule has 4 atom stereocenters. The van der Waals surface area contributed by atoms with Crippen LogP contribution >= 0.6 is 0 Å². The van der Waals surface area contributed by atoms with E-state index in [4.69, 9.17) is 18.9 Å². The fraction of sp³-hybridized carbons (Fsp3) is 0.611. The predicted molar refractivity (Wildman–Crippen MR) is 96.9 cm³/mol. The van der Waals surface area contributed by atoms with Gasteiger partial charge in [0.2, 0.25) is 6.10 Å². The highest BCUT2D eigenvalue weighted by Gasteiger charge is 2.62. The van der Waals surface area contributed by atoms with Gasteiger partial charge in [-0.3, -0.25) is 28.7 Å². The lowest BCUT2D eigenvalue weighted by Gasteiger charge is -2.27. The third-order valence-electron chi connectivity index (χ3n) is 4.27. The molecule has 2 heterocycles. The first-order valence-electron chi connectivity index (χ1n) is 9.37. The molecule has 0 radical (unpaired) electrons. The van der Waals surface area contributed by atoms with Crippen molar-refractivity contribution in [3.8, 4) is 0 Å². The van der Waals surface area contributed by atoms with E-state index < -0.39 is 60.1 Å². The lowest BCUT2D eigenvalue weighted by molar-refractivity contribution is -0.224. The smallest absolute Gasteiger partial charge is 0.330 e. The second-order valence-corrected chi connectivity index (χ2v) is 6.40. The molecule has 0 aromatic carbocycles. The molecule has 1 aliphatic rings. The molecule has 0 spiro atoms. The van der Waals surface area contributed by atoms with E-state index in [1.807, 2.05) is 4.98 Å². The van der Waals surface area contributed by atoms with Crippen molar-refractivity contribution in [2.75, 3.05) is 6.61 Å². The number of rotatable bonds is 8. The number of nitrogens with one attached hydrogen (secondary N) is 1. The Morgan fingerprint density at radius 3 is 2.27 bits per heavy atom. The molecule has 1 aromatic heterocycles. The van der Waals surface area contributed by atoms with Gasteiger partial charge in [-0.25, -0.2) is 9.18 Å². The van der Waals surface area contributed by atoms with Gasteiger partial charge in [-0.15, -0.1) is 0 Å². The summed E-state index contributed by atoms with van der Waals surface area (Å²) in [6, 6.07) is 0.978. The Labute approximate surface area is 170 Å². The van der Waals surface area contributed by atoms with E-state index in [1.165, 1.54) is 20.8 Å². The van der Waals surface area contributed by atoms with Crippen LogP contribution in [0.25, 0.3) is 0 Å². The van der Waals surface area contributed by atoms with E-state index >= 15 is 4.39 Å². The zero-order valence-electron chi connectivity index (χ0n) is 16.7. The van der Waals surface area contributed by atoms with Crippen LogP contribution in [0.2, 0.25) is 0 Å². The SMILES string of the molecule is CCC(=O)OC[C@@]1(F)O[C@@H](n2ccc(=O)[nH]c2=O)[C@H](OC(=O)CC)[C@@H]1OC(=O)CC. The maximum Gasteiger partial charge on any atom is 0.330 e. The number of alkyl halides is 1. The highest BCUT2D eigenvalue weighted by atomic mass is 19.2. The number of aromatic amines is 1. The number of esters is 3. The van der Waals surface area contributed by atoms with Gasteiger partial charge >= 0.3 is 23.6 Å². The van der Waals surface area contributed by atoms with Crippen LogP contribution in [-0.2, 0) is 33.3 Å². The molecule has 166 valence electrons. The topological polar surface area (TPSA) is 143 Å². The van der Waals surface area contributed by atoms with Crippen molar-refractivity contribution in [2.24, 2.45) is 0 Å². The van der Waals surface area contributed by atoms with Crippen molar-refractivity contribution in [1.29, 1.82) is 0 Å². The van der Waals surface area contributed by atoms with Crippen LogP contribution in [0.3, 0.4) is 0 Å². The largest absolute Gasteiger partial charge is 0.459 e. The molecule has 0 saturated carbocycles. The number of carbonyl (C=O) groups is 3. The van der Waals surface area contributed by atoms with Crippen LogP contribution < -0.4 is 11.2 Å². The van der Waals surface area contributed by atoms with Crippen LogP contribution in [0, 0.1) is 0 Å². The summed E-state index contributed by atoms with van der Waals surface area (Å²) in [6.45, 7) is 3.46. The standard InChI is InChI=1S/C18H23FN2O9/c1-4-11(23)27-9-18(19)15(29-13(25)6-3)14(28-12(24)5-2)16(30-18)21-8-7-10(22)20-17(21)26/h7-8,14-16H,4-6,9H2,1-3H3,(H,20,22,26)/t14-,15+,16-,18-/m1/s1. The zero-order valence-corrected chi connectivity index (χ0v) is 16.7. The summed E-state index contributed by atoms with van der Waals surface area (Å²) in [7, 11) is 0. The summed E-state index contributed by atoms with van der Waals surface area (Å²) in [5.74, 6) is -5.28. The molecule has 0 bridgehead atoms. The van der Waals surface area contributed by atoms with Gasteiger partial charge < -0.3 is 18.9 Å². The highest BCUT2D eigenvalue weighted by Crippen LogP contribution is 2.42. The summed E-state index contributed by atoms with van der Waals surface area (Å²) < 4.78 is 37.0. The molecule has 1 N–H and O–H groups in total. The maximum absolute atomic E-state index is 15.8. The number of nitrogens with zero attached hydrogens (tertiary/aromatic N) is 1. The van der Waals surface area contributed by atoms with Crippen LogP contribution in [-0.4, -0.2) is 52.1 Å². The van der Waals surface area contributed by atoms with E-state index in [0.29, 0.717) is 0 Å². The normalized spacial score (nSPS) is 25.5. The summed E-state index contributed by atoms with van der Waals surface area (Å²) >= 11 is 0. The fourth-order valence-corrected chi connectivity index (χ4v) is 2.70. The van der Waals surface area contributed by atoms with Crippen molar-refractivity contribution in [3.63, 3.8) is 0 Å². The van der Waals surface area contributed by atoms with Crippen LogP contribution in [0.4, 0.5) is 4.39 Å². The summed E-state index contributed by atoms with van der Waals surface area (Å²) in [6.07, 6.45) is -4.30. The molecule has 1 aromatic rings. The van der Waals surface area contributed by atoms with Crippen molar-refractivity contribution in [3.05, 3.63) is 33.1 Å². The van der Waals surface area contributed by atoms with Crippen LogP contribution in [0.5, 0.6) is 0 Å². The van der Waals surface area contributed by atoms with Gasteiger partial charge in [0.05, 0.1) is 0 Å². The molecule has 12 heteroatoms. The Morgan fingerprint density at radius 1 is 1.10 bits per heavy atom. The number of halogens is 1. The van der Waals surface area contributed by atoms with Gasteiger partial charge in [0, 0.05) is 31.5 Å². The molecule has 11 nitrogen and oxygen atoms in total. The summed E-state index contributed by atoms with van der Waals surface area (Å²) in [4.78, 5) is 60.9. The maximum atomic E-state index is 15.8. The minimum atomic E-state index is -2.92. The number of H-pyrrole nitrogens is 1. The van der Waals surface area contributed by atoms with E-state index in [1.54, 1.807) is 0 Å². The van der Waals surface area contributed by atoms with Gasteiger partial charge in [-0.1, -0.05) is 20.8 Å². The van der Waals surface area contributed by atoms with Gasteiger partial charge in [-0.2, -0.15) is 0 Å². The zero-order chi connectivity index (χ0) is 22.5. The first kappa shape index (κ1) is 23.3. The Balaban J connectivity index is 2.51. The summed E-state index contributed by atoms with van der Waals surface area (Å²) in [5, 5.41) is 0. The molecule has 1 aliphatic heterocycles. The number of hydrogen-bond acceptors (Lipinski definition) is 9. The van der Waals surface area contributed by atoms with Crippen molar-refractivity contribution in [1.82, 2.24) is 9.55 Å². The molecule has 0 aliphatic carbocycles. The van der Waals surface area contributed by atoms with E-state index in [9.17, 15) is 24.0 Å². The quantitative estimate of drug-likeness (QED) is 0.456. The number of carbonyl (C=O) groups excluding carboxylic acids is 3. The number of aromatic nitrogens is 2. The molecular formula is C18H23FN2O9. The van der Waals surface area contributed by atoms with E-state index in [-0.39, 0.29) is 19.3 Å². The Morgan fingerprint density at radius 2 is 1.70 bits per heavy atom. The Hall–Kier alpha value is -3.02. The third-order valence-corrected chi connectivity index (χ3v) is 4.27. The number of hydrogen-bond donors (Lipinski definition) is 1. The second-order valence-electron chi connectivity index (χ2n) is 6.40. The first-order chi connectivity index (χ1) is 14.1. The Bertz CT molecular complexity index is 911. The lowest BCUT2D eigenvalue weighted by Crippen LogP contribution is -2.48. The van der Waals surface area contributed by atoms with Crippen LogP contribution in [0.15, 0.2) is 21.9 Å². The lowest BCUT2D eigenvalue weighted by atomic mass is 10.1. The highest BCUT2D eigenvalue weighted by molar-refractivity contribution is 5.70. The molecular weight excluding hydrogens is 407 g/mol. The average Bonchev–Trinajstić information content (AvgIpc) is 2.97. The van der Waals surface area contributed by atoms with E-state index in [0.717, 1.165) is 16.8 Å². The van der Waals surface area contributed by atoms with Gasteiger partial charge in [0.15, 0.2) is 18.9 Å². The molecule has 1 saturated heterocycles. The van der Waals surface area contributed by atoms with Gasteiger partial charge in [0.1, 0.15) is 0 Å². The minimum absolute atomic E-state index is 0.0491. The van der Waals surface area contributed by atoms with Crippen molar-refractivity contribution >= 4 is 17.9 Å². The van der Waals surface area contributed by atoms with Crippen LogP contribution in [0.1, 0.15) is 46.3 Å². The third kappa shape index (κ3) is 5.12. The predicted octanol–water partition coefficient (Wildman–Crippen LogP) is 0.328. The molecule has 0 amide bonds. The molecule has 0 unspecified atom stereocenters. The second kappa shape index (κ2) is 9.65. The van der Waals surface area contributed by atoms with Gasteiger partial charge in [0.25, 0.3) is 11.4 Å². The Kier molecular flexibility index (Phi) is 7.48.